The molecule has 0 saturated carbocycles. The standard InChI is InChI=1S/C31H38FN3O5S/c1-5-7-20-33-31(37)29(6-2)34(21-24-10-12-25(32)13-11-24)30(36)22-35(26-14-8-23(3)9-15-26)41(38,39)28-18-16-27(40-4)17-19-28/h8-19,29H,5-7,20-22H2,1-4H3,(H,33,37)/t29-/m1/s1. The molecule has 0 aliphatic carbocycles. The van der Waals surface area contributed by atoms with E-state index in [0.717, 1.165) is 22.7 Å². The molecule has 0 aromatic heterocycles. The van der Waals surface area contributed by atoms with Gasteiger partial charge in [-0.1, -0.05) is 50.1 Å². The van der Waals surface area contributed by atoms with Crippen molar-refractivity contribution in [2.45, 2.75) is 57.5 Å². The van der Waals surface area contributed by atoms with Gasteiger partial charge in [0.1, 0.15) is 24.2 Å². The van der Waals surface area contributed by atoms with Gasteiger partial charge < -0.3 is 15.0 Å². The van der Waals surface area contributed by atoms with E-state index in [2.05, 4.69) is 5.32 Å². The second-order valence-electron chi connectivity index (χ2n) is 9.74. The molecule has 0 bridgehead atoms. The van der Waals surface area contributed by atoms with Gasteiger partial charge in [-0.2, -0.15) is 0 Å². The highest BCUT2D eigenvalue weighted by Crippen LogP contribution is 2.26. The van der Waals surface area contributed by atoms with E-state index in [1.807, 2.05) is 13.8 Å². The molecule has 3 rings (SSSR count). The monoisotopic (exact) mass is 583 g/mol. The third-order valence-electron chi connectivity index (χ3n) is 6.73. The van der Waals surface area contributed by atoms with Crippen LogP contribution in [0.5, 0.6) is 5.75 Å². The van der Waals surface area contributed by atoms with Gasteiger partial charge in [0.25, 0.3) is 10.0 Å². The number of anilines is 1. The van der Waals surface area contributed by atoms with Crippen molar-refractivity contribution in [3.63, 3.8) is 0 Å². The van der Waals surface area contributed by atoms with Crippen LogP contribution in [-0.4, -0.2) is 51.4 Å². The summed E-state index contributed by atoms with van der Waals surface area (Å²) < 4.78 is 47.7. The van der Waals surface area contributed by atoms with E-state index in [9.17, 15) is 22.4 Å². The molecule has 0 spiro atoms. The molecular weight excluding hydrogens is 545 g/mol. The molecule has 0 unspecified atom stereocenters. The van der Waals surface area contributed by atoms with Crippen LogP contribution in [0.25, 0.3) is 0 Å². The number of carbonyl (C=O) groups excluding carboxylic acids is 2. The predicted molar refractivity (Wildman–Crippen MR) is 158 cm³/mol. The van der Waals surface area contributed by atoms with Gasteiger partial charge in [-0.3, -0.25) is 13.9 Å². The van der Waals surface area contributed by atoms with E-state index in [-0.39, 0.29) is 17.3 Å². The summed E-state index contributed by atoms with van der Waals surface area (Å²) in [6, 6.07) is 17.5. The van der Waals surface area contributed by atoms with Gasteiger partial charge in [0.2, 0.25) is 11.8 Å². The fourth-order valence-corrected chi connectivity index (χ4v) is 5.74. The Morgan fingerprint density at radius 1 is 0.951 bits per heavy atom. The molecule has 41 heavy (non-hydrogen) atoms. The molecule has 3 aromatic carbocycles. The Hall–Kier alpha value is -3.92. The molecule has 1 atom stereocenters. The normalized spacial score (nSPS) is 11.9. The zero-order valence-corrected chi connectivity index (χ0v) is 24.8. The molecule has 0 fully saturated rings. The van der Waals surface area contributed by atoms with E-state index < -0.39 is 34.3 Å². The quantitative estimate of drug-likeness (QED) is 0.268. The third kappa shape index (κ3) is 8.29. The first-order valence-electron chi connectivity index (χ1n) is 13.7. The molecule has 220 valence electrons. The number of nitrogens with zero attached hydrogens (tertiary/aromatic N) is 2. The second kappa shape index (κ2) is 14.6. The molecule has 0 saturated heterocycles. The van der Waals surface area contributed by atoms with E-state index in [1.54, 1.807) is 43.3 Å². The summed E-state index contributed by atoms with van der Waals surface area (Å²) >= 11 is 0. The number of halogens is 1. The van der Waals surface area contributed by atoms with Crippen molar-refractivity contribution in [2.75, 3.05) is 24.5 Å². The first-order chi connectivity index (χ1) is 19.6. The van der Waals surface area contributed by atoms with Gasteiger partial charge in [0, 0.05) is 13.1 Å². The van der Waals surface area contributed by atoms with Crippen molar-refractivity contribution in [3.05, 3.63) is 89.7 Å². The maximum atomic E-state index is 14.0. The van der Waals surface area contributed by atoms with Crippen LogP contribution < -0.4 is 14.4 Å². The highest BCUT2D eigenvalue weighted by atomic mass is 32.2. The maximum Gasteiger partial charge on any atom is 0.264 e. The Kier molecular flexibility index (Phi) is 11.3. The van der Waals surface area contributed by atoms with Gasteiger partial charge in [-0.15, -0.1) is 0 Å². The molecule has 10 heteroatoms. The lowest BCUT2D eigenvalue weighted by molar-refractivity contribution is -0.140. The van der Waals surface area contributed by atoms with Gasteiger partial charge in [-0.25, -0.2) is 12.8 Å². The average molecular weight is 584 g/mol. The number of benzene rings is 3. The lowest BCUT2D eigenvalue weighted by atomic mass is 10.1. The van der Waals surface area contributed by atoms with Gasteiger partial charge in [0.15, 0.2) is 0 Å². The van der Waals surface area contributed by atoms with Gasteiger partial charge >= 0.3 is 0 Å². The van der Waals surface area contributed by atoms with Crippen molar-refractivity contribution in [3.8, 4) is 5.75 Å². The fraction of sp³-hybridized carbons (Fsp3) is 0.355. The lowest BCUT2D eigenvalue weighted by Gasteiger charge is -2.33. The summed E-state index contributed by atoms with van der Waals surface area (Å²) in [5, 5.41) is 2.89. The highest BCUT2D eigenvalue weighted by molar-refractivity contribution is 7.92. The van der Waals surface area contributed by atoms with Crippen LogP contribution >= 0.6 is 0 Å². The Bertz CT molecular complexity index is 1400. The zero-order chi connectivity index (χ0) is 30.0. The minimum absolute atomic E-state index is 0.00311. The number of ether oxygens (including phenoxy) is 1. The van der Waals surface area contributed by atoms with Crippen LogP contribution in [0.3, 0.4) is 0 Å². The predicted octanol–water partition coefficient (Wildman–Crippen LogP) is 5.06. The number of unbranched alkanes of at least 4 members (excludes halogenated alkanes) is 1. The van der Waals surface area contributed by atoms with E-state index in [0.29, 0.717) is 30.0 Å². The second-order valence-corrected chi connectivity index (χ2v) is 11.6. The van der Waals surface area contributed by atoms with Crippen molar-refractivity contribution >= 4 is 27.5 Å². The Morgan fingerprint density at radius 2 is 1.59 bits per heavy atom. The molecule has 0 heterocycles. The number of sulfonamides is 1. The number of methoxy groups -OCH3 is 1. The zero-order valence-electron chi connectivity index (χ0n) is 24.0. The van der Waals surface area contributed by atoms with Crippen molar-refractivity contribution in [2.24, 2.45) is 0 Å². The van der Waals surface area contributed by atoms with Crippen LogP contribution in [-0.2, 0) is 26.2 Å². The van der Waals surface area contributed by atoms with Crippen molar-refractivity contribution < 1.29 is 27.1 Å². The molecule has 0 radical (unpaired) electrons. The molecule has 8 nitrogen and oxygen atoms in total. The summed E-state index contributed by atoms with van der Waals surface area (Å²) in [6.07, 6.45) is 1.99. The lowest BCUT2D eigenvalue weighted by Crippen LogP contribution is -2.52. The highest BCUT2D eigenvalue weighted by Gasteiger charge is 2.33. The third-order valence-corrected chi connectivity index (χ3v) is 8.52. The number of rotatable bonds is 14. The van der Waals surface area contributed by atoms with Crippen LogP contribution in [0.4, 0.5) is 10.1 Å². The molecule has 2 amide bonds. The van der Waals surface area contributed by atoms with Gasteiger partial charge in [0.05, 0.1) is 17.7 Å². The summed E-state index contributed by atoms with van der Waals surface area (Å²) in [6.45, 7) is 5.61. The van der Waals surface area contributed by atoms with Crippen LogP contribution in [0.2, 0.25) is 0 Å². The topological polar surface area (TPSA) is 96.0 Å². The number of nitrogens with one attached hydrogen (secondary N) is 1. The van der Waals surface area contributed by atoms with Crippen LogP contribution in [0, 0.1) is 12.7 Å². The van der Waals surface area contributed by atoms with Crippen molar-refractivity contribution in [1.29, 1.82) is 0 Å². The number of aryl methyl sites for hydroxylation is 1. The Morgan fingerprint density at radius 3 is 2.15 bits per heavy atom. The Labute approximate surface area is 242 Å². The fourth-order valence-electron chi connectivity index (χ4n) is 4.33. The first-order valence-corrected chi connectivity index (χ1v) is 15.1. The number of amides is 2. The van der Waals surface area contributed by atoms with E-state index in [4.69, 9.17) is 4.74 Å². The maximum absolute atomic E-state index is 14.0. The van der Waals surface area contributed by atoms with Gasteiger partial charge in [-0.05, 0) is 73.9 Å². The van der Waals surface area contributed by atoms with E-state index >= 15 is 0 Å². The molecule has 0 aliphatic rings. The minimum atomic E-state index is -4.19. The molecular formula is C31H38FN3O5S. The number of hydrogen-bond donors (Lipinski definition) is 1. The van der Waals surface area contributed by atoms with E-state index in [1.165, 1.54) is 48.4 Å². The number of carbonyl (C=O) groups is 2. The Balaban J connectivity index is 2.02. The largest absolute Gasteiger partial charge is 0.497 e. The van der Waals surface area contributed by atoms with Crippen LogP contribution in [0.15, 0.2) is 77.7 Å². The van der Waals surface area contributed by atoms with Crippen LogP contribution in [0.1, 0.15) is 44.2 Å². The van der Waals surface area contributed by atoms with Crippen molar-refractivity contribution in [1.82, 2.24) is 10.2 Å². The summed E-state index contributed by atoms with van der Waals surface area (Å²) in [5.74, 6) is -0.819. The average Bonchev–Trinajstić information content (AvgIpc) is 2.97. The summed E-state index contributed by atoms with van der Waals surface area (Å²) in [5.41, 5.74) is 1.84. The first kappa shape index (κ1) is 31.6. The smallest absolute Gasteiger partial charge is 0.264 e. The molecule has 0 aliphatic heterocycles. The minimum Gasteiger partial charge on any atom is -0.497 e. The number of hydrogen-bond acceptors (Lipinski definition) is 5. The summed E-state index contributed by atoms with van der Waals surface area (Å²) in [4.78, 5) is 28.6. The summed E-state index contributed by atoms with van der Waals surface area (Å²) in [7, 11) is -2.70. The molecule has 1 N–H and O–H groups in total. The SMILES string of the molecule is CCCCNC(=O)[C@@H](CC)N(Cc1ccc(F)cc1)C(=O)CN(c1ccc(C)cc1)S(=O)(=O)c1ccc(OC)cc1. The molecule has 3 aromatic rings.